The van der Waals surface area contributed by atoms with E-state index in [2.05, 4.69) is 34.7 Å². The van der Waals surface area contributed by atoms with Crippen LogP contribution in [-0.2, 0) is 4.74 Å². The molecule has 19 heavy (non-hydrogen) atoms. The van der Waals surface area contributed by atoms with Crippen LogP contribution >= 0.6 is 0 Å². The minimum absolute atomic E-state index is 0.233. The van der Waals surface area contributed by atoms with Crippen molar-refractivity contribution >= 4 is 5.71 Å². The molecule has 4 heteroatoms. The Morgan fingerprint density at radius 2 is 2.16 bits per heavy atom. The number of nitrogens with zero attached hydrogens (tertiary/aromatic N) is 2. The molecule has 4 nitrogen and oxygen atoms in total. The standard InChI is InChI=1S/C15H23N3O/c1-18(2)17-14(13-7-4-3-5-8-13)9-6-10-15-16-11-12-19-15/h3-5,7-8,15-16H,6,9-12H2,1-2H3. The van der Waals surface area contributed by atoms with E-state index in [1.807, 2.05) is 25.2 Å². The van der Waals surface area contributed by atoms with Crippen LogP contribution in [0.15, 0.2) is 35.4 Å². The van der Waals surface area contributed by atoms with E-state index in [9.17, 15) is 0 Å². The monoisotopic (exact) mass is 261 g/mol. The zero-order valence-electron chi connectivity index (χ0n) is 11.8. The van der Waals surface area contributed by atoms with E-state index in [0.29, 0.717) is 0 Å². The van der Waals surface area contributed by atoms with Gasteiger partial charge in [-0.2, -0.15) is 5.10 Å². The molecule has 0 radical (unpaired) electrons. The van der Waals surface area contributed by atoms with Crippen LogP contribution in [0.25, 0.3) is 0 Å². The first-order valence-electron chi connectivity index (χ1n) is 6.91. The number of rotatable bonds is 6. The Hall–Kier alpha value is -1.39. The summed E-state index contributed by atoms with van der Waals surface area (Å²) in [5.74, 6) is 0. The fourth-order valence-electron chi connectivity index (χ4n) is 2.24. The third-order valence-electron chi connectivity index (χ3n) is 3.10. The first kappa shape index (κ1) is 14.0. The highest BCUT2D eigenvalue weighted by Gasteiger charge is 2.14. The van der Waals surface area contributed by atoms with Crippen LogP contribution in [0.5, 0.6) is 0 Å². The lowest BCUT2D eigenvalue weighted by Crippen LogP contribution is -2.22. The van der Waals surface area contributed by atoms with Crippen LogP contribution in [0.2, 0.25) is 0 Å². The summed E-state index contributed by atoms with van der Waals surface area (Å²) in [5.41, 5.74) is 2.35. The molecule has 0 saturated carbocycles. The summed E-state index contributed by atoms with van der Waals surface area (Å²) < 4.78 is 5.56. The van der Waals surface area contributed by atoms with Crippen molar-refractivity contribution in [3.05, 3.63) is 35.9 Å². The molecule has 1 aromatic rings. The smallest absolute Gasteiger partial charge is 0.108 e. The Morgan fingerprint density at radius 1 is 1.37 bits per heavy atom. The van der Waals surface area contributed by atoms with Gasteiger partial charge in [0, 0.05) is 20.6 Å². The van der Waals surface area contributed by atoms with Gasteiger partial charge in [0.1, 0.15) is 6.23 Å². The van der Waals surface area contributed by atoms with Gasteiger partial charge in [0.2, 0.25) is 0 Å². The predicted octanol–water partition coefficient (Wildman–Crippen LogP) is 2.07. The molecule has 1 heterocycles. The maximum absolute atomic E-state index is 5.56. The highest BCUT2D eigenvalue weighted by atomic mass is 16.5. The van der Waals surface area contributed by atoms with Crippen molar-refractivity contribution < 1.29 is 4.74 Å². The normalized spacial score (nSPS) is 19.7. The van der Waals surface area contributed by atoms with Crippen LogP contribution in [0.1, 0.15) is 24.8 Å². The molecule has 1 aromatic carbocycles. The Morgan fingerprint density at radius 3 is 2.79 bits per heavy atom. The fraction of sp³-hybridized carbons (Fsp3) is 0.533. The Bertz CT molecular complexity index is 397. The number of hydrazone groups is 1. The van der Waals surface area contributed by atoms with Gasteiger partial charge in [-0.3, -0.25) is 5.32 Å². The average molecular weight is 261 g/mol. The molecule has 0 amide bonds. The van der Waals surface area contributed by atoms with Crippen LogP contribution in [-0.4, -0.2) is 44.2 Å². The summed E-state index contributed by atoms with van der Waals surface area (Å²) in [6, 6.07) is 10.4. The first-order valence-corrected chi connectivity index (χ1v) is 6.91. The first-order chi connectivity index (χ1) is 9.25. The van der Waals surface area contributed by atoms with E-state index in [1.165, 1.54) is 5.56 Å². The molecule has 0 aliphatic carbocycles. The third-order valence-corrected chi connectivity index (χ3v) is 3.10. The van der Waals surface area contributed by atoms with Crippen molar-refractivity contribution in [1.82, 2.24) is 10.3 Å². The van der Waals surface area contributed by atoms with Crippen molar-refractivity contribution in [1.29, 1.82) is 0 Å². The van der Waals surface area contributed by atoms with Gasteiger partial charge in [0.15, 0.2) is 0 Å². The number of benzene rings is 1. The van der Waals surface area contributed by atoms with Crippen LogP contribution < -0.4 is 5.32 Å². The summed E-state index contributed by atoms with van der Waals surface area (Å²) >= 11 is 0. The van der Waals surface area contributed by atoms with Gasteiger partial charge in [-0.25, -0.2) is 0 Å². The van der Waals surface area contributed by atoms with Gasteiger partial charge in [-0.05, 0) is 24.8 Å². The van der Waals surface area contributed by atoms with E-state index in [4.69, 9.17) is 4.74 Å². The van der Waals surface area contributed by atoms with E-state index in [0.717, 1.165) is 38.1 Å². The second-order valence-corrected chi connectivity index (χ2v) is 4.97. The summed E-state index contributed by atoms with van der Waals surface area (Å²) in [5, 5.41) is 9.81. The van der Waals surface area contributed by atoms with Gasteiger partial charge in [0.05, 0.1) is 12.3 Å². The van der Waals surface area contributed by atoms with Crippen LogP contribution in [0.4, 0.5) is 0 Å². The molecule has 1 atom stereocenters. The van der Waals surface area contributed by atoms with Gasteiger partial charge in [-0.15, -0.1) is 0 Å². The number of nitrogens with one attached hydrogen (secondary N) is 1. The van der Waals surface area contributed by atoms with Crippen LogP contribution in [0, 0.1) is 0 Å². The van der Waals surface area contributed by atoms with E-state index < -0.39 is 0 Å². The predicted molar refractivity (Wildman–Crippen MR) is 78.3 cm³/mol. The largest absolute Gasteiger partial charge is 0.362 e. The van der Waals surface area contributed by atoms with Crippen molar-refractivity contribution in [3.8, 4) is 0 Å². The highest BCUT2D eigenvalue weighted by molar-refractivity contribution is 6.00. The summed E-state index contributed by atoms with van der Waals surface area (Å²) in [4.78, 5) is 0. The lowest BCUT2D eigenvalue weighted by molar-refractivity contribution is 0.0930. The quantitative estimate of drug-likeness (QED) is 0.629. The minimum atomic E-state index is 0.233. The van der Waals surface area contributed by atoms with Crippen molar-refractivity contribution in [2.45, 2.75) is 25.5 Å². The van der Waals surface area contributed by atoms with E-state index in [1.54, 1.807) is 0 Å². The number of hydrogen-bond acceptors (Lipinski definition) is 4. The molecule has 1 N–H and O–H groups in total. The highest BCUT2D eigenvalue weighted by Crippen LogP contribution is 2.12. The van der Waals surface area contributed by atoms with Gasteiger partial charge >= 0.3 is 0 Å². The second kappa shape index (κ2) is 7.26. The van der Waals surface area contributed by atoms with E-state index >= 15 is 0 Å². The Balaban J connectivity index is 1.91. The SMILES string of the molecule is CN(C)N=C(CCCC1NCCO1)c1ccccc1. The van der Waals surface area contributed by atoms with Crippen molar-refractivity contribution in [3.63, 3.8) is 0 Å². The average Bonchev–Trinajstić information content (AvgIpc) is 2.91. The Labute approximate surface area is 115 Å². The molecular weight excluding hydrogens is 238 g/mol. The van der Waals surface area contributed by atoms with Gasteiger partial charge < -0.3 is 9.75 Å². The van der Waals surface area contributed by atoms with Gasteiger partial charge in [-0.1, -0.05) is 30.3 Å². The van der Waals surface area contributed by atoms with Crippen molar-refractivity contribution in [2.24, 2.45) is 5.10 Å². The molecule has 1 aliphatic rings. The zero-order chi connectivity index (χ0) is 13.5. The lowest BCUT2D eigenvalue weighted by Gasteiger charge is -2.13. The molecule has 0 aromatic heterocycles. The maximum Gasteiger partial charge on any atom is 0.108 e. The molecule has 104 valence electrons. The summed E-state index contributed by atoms with van der Waals surface area (Å²) in [6.45, 7) is 1.81. The number of hydrogen-bond donors (Lipinski definition) is 1. The second-order valence-electron chi connectivity index (χ2n) is 4.97. The fourth-order valence-corrected chi connectivity index (χ4v) is 2.24. The molecule has 1 aliphatic heterocycles. The van der Waals surface area contributed by atoms with Crippen molar-refractivity contribution in [2.75, 3.05) is 27.2 Å². The minimum Gasteiger partial charge on any atom is -0.362 e. The summed E-state index contributed by atoms with van der Waals surface area (Å²) in [6.07, 6.45) is 3.33. The van der Waals surface area contributed by atoms with Gasteiger partial charge in [0.25, 0.3) is 0 Å². The molecule has 1 saturated heterocycles. The molecule has 2 rings (SSSR count). The lowest BCUT2D eigenvalue weighted by atomic mass is 10.0. The van der Waals surface area contributed by atoms with E-state index in [-0.39, 0.29) is 6.23 Å². The molecule has 0 bridgehead atoms. The third kappa shape index (κ3) is 4.65. The zero-order valence-corrected chi connectivity index (χ0v) is 11.8. The number of ether oxygens (including phenoxy) is 1. The molecule has 0 spiro atoms. The molecule has 1 fully saturated rings. The van der Waals surface area contributed by atoms with Crippen LogP contribution in [0.3, 0.4) is 0 Å². The molecule has 1 unspecified atom stereocenters. The topological polar surface area (TPSA) is 36.9 Å². The molecular formula is C15H23N3O. The maximum atomic E-state index is 5.56. The Kier molecular flexibility index (Phi) is 5.36. The summed E-state index contributed by atoms with van der Waals surface area (Å²) in [7, 11) is 3.93.